The molecule has 0 bridgehead atoms. The van der Waals surface area contributed by atoms with Crippen molar-refractivity contribution in [2.24, 2.45) is 0 Å². The Morgan fingerprint density at radius 1 is 1.35 bits per heavy atom. The van der Waals surface area contributed by atoms with Gasteiger partial charge in [-0.2, -0.15) is 9.97 Å². The maximum Gasteiger partial charge on any atom is 0.353 e. The Hall–Kier alpha value is -3.01. The summed E-state index contributed by atoms with van der Waals surface area (Å²) in [6.07, 6.45) is -0.0863. The number of nitrogens with zero attached hydrogens (tertiary/aromatic N) is 4. The number of benzene rings is 1. The molecule has 0 aliphatic carbocycles. The van der Waals surface area contributed by atoms with Crippen molar-refractivity contribution in [3.8, 4) is 0 Å². The number of nitrogens with two attached hydrogens (primary N) is 1. The molecule has 10 heteroatoms. The molecule has 3 N–H and O–H groups in total. The number of morpholine rings is 1. The first kappa shape index (κ1) is 17.8. The van der Waals surface area contributed by atoms with Crippen LogP contribution in [0.4, 0.5) is 33.3 Å². The van der Waals surface area contributed by atoms with Crippen LogP contribution in [0.5, 0.6) is 0 Å². The SMILES string of the molecule is CC1CN(c2nc(N)c([N+](=O)[O-])c(Nc3cccc(F)c3)n2)CC(C)O1. The lowest BCUT2D eigenvalue weighted by molar-refractivity contribution is -0.383. The van der Waals surface area contributed by atoms with Gasteiger partial charge in [0.15, 0.2) is 0 Å². The molecule has 9 nitrogen and oxygen atoms in total. The van der Waals surface area contributed by atoms with Gasteiger partial charge in [0, 0.05) is 18.8 Å². The molecule has 2 unspecified atom stereocenters. The standard InChI is InChI=1S/C16H19FN6O3/c1-9-7-22(8-10(2)26-9)16-20-14(18)13(23(24)25)15(21-16)19-12-5-3-4-11(17)6-12/h3-6,9-10H,7-8H2,1-2H3,(H3,18,19,20,21). The monoisotopic (exact) mass is 362 g/mol. The second kappa shape index (κ2) is 7.08. The molecule has 2 atom stereocenters. The van der Waals surface area contributed by atoms with Crippen LogP contribution in [-0.2, 0) is 4.74 Å². The Morgan fingerprint density at radius 3 is 2.65 bits per heavy atom. The highest BCUT2D eigenvalue weighted by molar-refractivity contribution is 5.74. The van der Waals surface area contributed by atoms with Crippen molar-refractivity contribution in [1.82, 2.24) is 9.97 Å². The number of aromatic nitrogens is 2. The molecule has 2 heterocycles. The van der Waals surface area contributed by atoms with Crippen molar-refractivity contribution in [1.29, 1.82) is 0 Å². The van der Waals surface area contributed by atoms with E-state index in [-0.39, 0.29) is 29.8 Å². The minimum absolute atomic E-state index is 0.0432. The fourth-order valence-corrected chi connectivity index (χ4v) is 2.91. The van der Waals surface area contributed by atoms with Gasteiger partial charge in [0.1, 0.15) is 5.82 Å². The van der Waals surface area contributed by atoms with Crippen LogP contribution in [0.2, 0.25) is 0 Å². The summed E-state index contributed by atoms with van der Waals surface area (Å²) in [7, 11) is 0. The summed E-state index contributed by atoms with van der Waals surface area (Å²) in [4.78, 5) is 20.9. The molecule has 1 saturated heterocycles. The highest BCUT2D eigenvalue weighted by Crippen LogP contribution is 2.33. The van der Waals surface area contributed by atoms with Gasteiger partial charge in [-0.05, 0) is 32.0 Å². The summed E-state index contributed by atoms with van der Waals surface area (Å²) in [6.45, 7) is 4.90. The van der Waals surface area contributed by atoms with E-state index in [1.807, 2.05) is 18.7 Å². The Bertz CT molecular complexity index is 824. The summed E-state index contributed by atoms with van der Waals surface area (Å²) in [5.74, 6) is -0.565. The number of nitro groups is 1. The summed E-state index contributed by atoms with van der Waals surface area (Å²) in [5.41, 5.74) is 5.69. The van der Waals surface area contributed by atoms with Crippen molar-refractivity contribution in [2.75, 3.05) is 29.0 Å². The van der Waals surface area contributed by atoms with Gasteiger partial charge >= 0.3 is 5.69 Å². The average Bonchev–Trinajstić information content (AvgIpc) is 2.53. The summed E-state index contributed by atoms with van der Waals surface area (Å²) in [6, 6.07) is 5.54. The van der Waals surface area contributed by atoms with E-state index in [1.54, 1.807) is 6.07 Å². The molecule has 0 amide bonds. The molecule has 1 aromatic carbocycles. The molecule has 2 aromatic rings. The summed E-state index contributed by atoms with van der Waals surface area (Å²) >= 11 is 0. The van der Waals surface area contributed by atoms with Crippen molar-refractivity contribution in [2.45, 2.75) is 26.1 Å². The Balaban J connectivity index is 2.00. The Labute approximate surface area is 149 Å². The average molecular weight is 362 g/mol. The number of nitrogens with one attached hydrogen (secondary N) is 1. The lowest BCUT2D eigenvalue weighted by Crippen LogP contribution is -2.46. The zero-order valence-corrected chi connectivity index (χ0v) is 14.3. The van der Waals surface area contributed by atoms with E-state index in [9.17, 15) is 14.5 Å². The maximum absolute atomic E-state index is 13.4. The van der Waals surface area contributed by atoms with Crippen LogP contribution >= 0.6 is 0 Å². The topological polar surface area (TPSA) is 119 Å². The quantitative estimate of drug-likeness (QED) is 0.629. The lowest BCUT2D eigenvalue weighted by atomic mass is 10.2. The highest BCUT2D eigenvalue weighted by Gasteiger charge is 2.29. The summed E-state index contributed by atoms with van der Waals surface area (Å²) in [5, 5.41) is 14.2. The van der Waals surface area contributed by atoms with Crippen LogP contribution in [0.25, 0.3) is 0 Å². The molecular weight excluding hydrogens is 343 g/mol. The molecule has 1 aliphatic rings. The largest absolute Gasteiger partial charge is 0.378 e. The first-order chi connectivity index (χ1) is 12.3. The number of ether oxygens (including phenoxy) is 1. The molecule has 3 rings (SSSR count). The van der Waals surface area contributed by atoms with E-state index in [1.165, 1.54) is 18.2 Å². The number of nitrogen functional groups attached to an aromatic ring is 1. The molecule has 138 valence electrons. The van der Waals surface area contributed by atoms with Gasteiger partial charge in [0.05, 0.1) is 17.1 Å². The molecule has 1 aromatic heterocycles. The van der Waals surface area contributed by atoms with Gasteiger partial charge in [-0.15, -0.1) is 0 Å². The molecule has 1 fully saturated rings. The van der Waals surface area contributed by atoms with E-state index in [4.69, 9.17) is 10.5 Å². The third kappa shape index (κ3) is 3.80. The second-order valence-electron chi connectivity index (χ2n) is 6.16. The van der Waals surface area contributed by atoms with E-state index in [2.05, 4.69) is 15.3 Å². The van der Waals surface area contributed by atoms with E-state index in [0.717, 1.165) is 0 Å². The van der Waals surface area contributed by atoms with Crippen LogP contribution in [0.3, 0.4) is 0 Å². The number of rotatable bonds is 4. The summed E-state index contributed by atoms with van der Waals surface area (Å²) < 4.78 is 19.1. The fourth-order valence-electron chi connectivity index (χ4n) is 2.91. The van der Waals surface area contributed by atoms with E-state index >= 15 is 0 Å². The zero-order valence-electron chi connectivity index (χ0n) is 14.3. The Kier molecular flexibility index (Phi) is 4.85. The van der Waals surface area contributed by atoms with Crippen LogP contribution in [0, 0.1) is 15.9 Å². The fraction of sp³-hybridized carbons (Fsp3) is 0.375. The van der Waals surface area contributed by atoms with Gasteiger partial charge in [-0.3, -0.25) is 10.1 Å². The third-order valence-electron chi connectivity index (χ3n) is 3.87. The van der Waals surface area contributed by atoms with Gasteiger partial charge in [-0.1, -0.05) is 6.07 Å². The van der Waals surface area contributed by atoms with E-state index in [0.29, 0.717) is 18.8 Å². The van der Waals surface area contributed by atoms with Crippen molar-refractivity contribution >= 4 is 29.0 Å². The normalized spacial score (nSPS) is 20.0. The second-order valence-corrected chi connectivity index (χ2v) is 6.16. The van der Waals surface area contributed by atoms with E-state index < -0.39 is 16.4 Å². The molecule has 26 heavy (non-hydrogen) atoms. The predicted octanol–water partition coefficient (Wildman–Crippen LogP) is 2.46. The Morgan fingerprint density at radius 2 is 2.04 bits per heavy atom. The van der Waals surface area contributed by atoms with Gasteiger partial charge < -0.3 is 20.7 Å². The molecular formula is C16H19FN6O3. The minimum atomic E-state index is -0.661. The first-order valence-electron chi connectivity index (χ1n) is 8.08. The van der Waals surface area contributed by atoms with Crippen LogP contribution in [-0.4, -0.2) is 40.2 Å². The predicted molar refractivity (Wildman–Crippen MR) is 95.0 cm³/mol. The number of anilines is 4. The van der Waals surface area contributed by atoms with Gasteiger partial charge in [0.2, 0.25) is 17.6 Å². The van der Waals surface area contributed by atoms with Crippen LogP contribution < -0.4 is 16.0 Å². The first-order valence-corrected chi connectivity index (χ1v) is 8.08. The lowest BCUT2D eigenvalue weighted by Gasteiger charge is -2.35. The van der Waals surface area contributed by atoms with Crippen LogP contribution in [0.15, 0.2) is 24.3 Å². The van der Waals surface area contributed by atoms with Crippen molar-refractivity contribution in [3.05, 3.63) is 40.2 Å². The van der Waals surface area contributed by atoms with Crippen LogP contribution in [0.1, 0.15) is 13.8 Å². The zero-order chi connectivity index (χ0) is 18.8. The van der Waals surface area contributed by atoms with Crippen molar-refractivity contribution < 1.29 is 14.1 Å². The number of hydrogen-bond acceptors (Lipinski definition) is 8. The van der Waals surface area contributed by atoms with Gasteiger partial charge in [-0.25, -0.2) is 4.39 Å². The molecule has 0 radical (unpaired) electrons. The molecule has 1 aliphatic heterocycles. The highest BCUT2D eigenvalue weighted by atomic mass is 19.1. The number of hydrogen-bond donors (Lipinski definition) is 2. The maximum atomic E-state index is 13.4. The van der Waals surface area contributed by atoms with Crippen molar-refractivity contribution in [3.63, 3.8) is 0 Å². The molecule has 0 spiro atoms. The third-order valence-corrected chi connectivity index (χ3v) is 3.87. The smallest absolute Gasteiger partial charge is 0.353 e. The minimum Gasteiger partial charge on any atom is -0.378 e. The van der Waals surface area contributed by atoms with Gasteiger partial charge in [0.25, 0.3) is 0 Å². The molecule has 0 saturated carbocycles. The number of halogens is 1.